The van der Waals surface area contributed by atoms with Crippen LogP contribution in [0.3, 0.4) is 0 Å². The molecule has 0 aliphatic heterocycles. The number of aliphatic hydroxyl groups is 3. The van der Waals surface area contributed by atoms with E-state index in [2.05, 4.69) is 142 Å². The fourth-order valence-electron chi connectivity index (χ4n) is 6.75. The summed E-state index contributed by atoms with van der Waals surface area (Å²) in [5.74, 6) is 0. The van der Waals surface area contributed by atoms with Gasteiger partial charge >= 0.3 is 198 Å². The molecule has 1 aromatic carbocycles. The van der Waals surface area contributed by atoms with Crippen LogP contribution in [-0.2, 0) is 39.3 Å². The van der Waals surface area contributed by atoms with Crippen LogP contribution in [0.15, 0.2) is 165 Å². The van der Waals surface area contributed by atoms with Gasteiger partial charge in [-0.05, 0) is 51.6 Å². The van der Waals surface area contributed by atoms with Crippen molar-refractivity contribution in [3.8, 4) is 33.4 Å². The molecule has 0 fully saturated rings. The van der Waals surface area contributed by atoms with Crippen LogP contribution in [0, 0.1) is 0 Å². The van der Waals surface area contributed by atoms with Crippen molar-refractivity contribution in [3.63, 3.8) is 0 Å². The topological polar surface area (TPSA) is 84.0 Å². The number of pyridine rings is 6. The Morgan fingerprint density at radius 2 is 0.302 bits per heavy atom. The molecule has 7 aromatic rings. The average Bonchev–Trinajstić information content (AvgIpc) is 0.805. The van der Waals surface area contributed by atoms with Crippen LogP contribution < -0.4 is 27.4 Å². The zero-order valence-corrected chi connectivity index (χ0v) is 52.1. The Labute approximate surface area is 514 Å². The first-order valence-corrected chi connectivity index (χ1v) is 36.7. The molecule has 96 heavy (non-hydrogen) atoms. The maximum absolute atomic E-state index is 10.7. The molecule has 0 radical (unpaired) electrons. The van der Waals surface area contributed by atoms with Gasteiger partial charge in [-0.1, -0.05) is 0 Å². The molecule has 0 spiro atoms. The van der Waals surface area contributed by atoms with Crippen molar-refractivity contribution in [1.29, 1.82) is 0 Å². The van der Waals surface area contributed by atoms with Crippen LogP contribution in [0.2, 0.25) is 0 Å². The molecule has 0 saturated carbocycles. The fraction of sp³-hybridized carbons (Fsp3) is 0.200. The minimum atomic E-state index is -10.7. The van der Waals surface area contributed by atoms with Gasteiger partial charge in [-0.15, -0.1) is 0 Å². The van der Waals surface area contributed by atoms with E-state index < -0.39 is 46.9 Å². The molecule has 3 N–H and O–H groups in total. The normalized spacial score (nSPS) is 16.4. The largest absolute Gasteiger partial charge is 0.390 e. The summed E-state index contributed by atoms with van der Waals surface area (Å²) in [7, 11) is -63.9. The predicted octanol–water partition coefficient (Wildman–Crippen LogP) is 22.8. The van der Waals surface area contributed by atoms with Crippen LogP contribution in [0.5, 0.6) is 0 Å². The van der Waals surface area contributed by atoms with Crippen molar-refractivity contribution < 1.29 is 194 Å². The third-order valence-electron chi connectivity index (χ3n) is 9.63. The molecule has 0 unspecified atom stereocenters. The van der Waals surface area contributed by atoms with Crippen molar-refractivity contribution in [2.45, 2.75) is 39.3 Å². The number of benzene rings is 1. The van der Waals surface area contributed by atoms with E-state index in [0.29, 0.717) is 19.6 Å². The van der Waals surface area contributed by atoms with Crippen LogP contribution in [0.25, 0.3) is 33.4 Å². The zero-order valence-electron chi connectivity index (χ0n) is 46.8. The molecule has 51 heteroatoms. The van der Waals surface area contributed by atoms with Gasteiger partial charge in [-0.3, -0.25) is 0 Å². The number of hydrogen-bond acceptors (Lipinski definition) is 3. The third-order valence-corrected chi connectivity index (χ3v) is 9.63. The molecule has 6 aromatic heterocycles. The molecule has 7 rings (SSSR count). The van der Waals surface area contributed by atoms with E-state index in [0.717, 1.165) is 53.0 Å². The van der Waals surface area contributed by atoms with Crippen molar-refractivity contribution in [3.05, 3.63) is 182 Å². The molecule has 0 saturated heterocycles. The molecule has 0 aliphatic carbocycles. The summed E-state index contributed by atoms with van der Waals surface area (Å²) in [4.78, 5) is 0. The van der Waals surface area contributed by atoms with E-state index in [1.807, 2.05) is 50.9 Å². The molecule has 9 nitrogen and oxygen atoms in total. The van der Waals surface area contributed by atoms with Crippen LogP contribution >= 0.6 is 46.9 Å². The summed E-state index contributed by atoms with van der Waals surface area (Å²) < 4.78 is 368. The van der Waals surface area contributed by atoms with E-state index in [-0.39, 0.29) is 19.8 Å². The minimum Gasteiger partial charge on any atom is -0.390 e. The summed E-state index contributed by atoms with van der Waals surface area (Å²) >= 11 is 0. The minimum absolute atomic E-state index is 0.122. The Morgan fingerprint density at radius 1 is 0.198 bits per heavy atom. The Balaban J connectivity index is 0.000000880. The summed E-state index contributed by atoms with van der Waals surface area (Å²) in [6.07, 6.45) is 24.9. The van der Waals surface area contributed by atoms with Crippen molar-refractivity contribution in [2.24, 2.45) is 0 Å². The van der Waals surface area contributed by atoms with E-state index in [4.69, 9.17) is 0 Å². The summed E-state index contributed by atoms with van der Waals surface area (Å²) in [5.41, 5.74) is 10.6. The van der Waals surface area contributed by atoms with Gasteiger partial charge in [0.15, 0.2) is 114 Å². The molecule has 558 valence electrons. The smallest absolute Gasteiger partial charge is 0.173 e. The first kappa shape index (κ1) is 88.1. The Morgan fingerprint density at radius 3 is 0.406 bits per heavy atom. The number of halogens is 36. The van der Waals surface area contributed by atoms with Gasteiger partial charge < -0.3 is 15.3 Å². The molecule has 0 amide bonds. The number of rotatable bonds is 15. The van der Waals surface area contributed by atoms with Gasteiger partial charge in [0.2, 0.25) is 0 Å². The Hall–Kier alpha value is -5.94. The molecule has 0 aliphatic rings. The van der Waals surface area contributed by atoms with Gasteiger partial charge in [0.25, 0.3) is 0 Å². The second-order valence-corrected chi connectivity index (χ2v) is 30.8. The second-order valence-electron chi connectivity index (χ2n) is 19.3. The number of aliphatic hydroxyl groups excluding tert-OH is 3. The summed E-state index contributed by atoms with van der Waals surface area (Å²) in [5, 5.41) is 27.7. The predicted molar refractivity (Wildman–Crippen MR) is 283 cm³/mol. The second kappa shape index (κ2) is 25.3. The van der Waals surface area contributed by atoms with Crippen molar-refractivity contribution >= 4 is 46.9 Å². The van der Waals surface area contributed by atoms with Crippen molar-refractivity contribution in [2.75, 3.05) is 19.8 Å². The quantitative estimate of drug-likeness (QED) is 0.0543. The van der Waals surface area contributed by atoms with Crippen LogP contribution in [-0.4, -0.2) is 35.1 Å². The SMILES string of the molecule is F[P-](F)(F)(F)(F)F.F[P-](F)(F)(F)(F)F.F[P-](F)(F)(F)(F)F.F[P-](F)(F)(F)(F)F.F[P-](F)(F)(F)(F)F.F[P-](F)(F)(F)(F)F.OCC[n+]1ccc(-c2cc[n+](Cc3cc(C[n+]4ccc(-c5cc[n+](CCO)cc5)cc4)cc(C[n+]4ccc(-c5cc[n+](CCO)cc5)cc4)c3)cc2)cc1. The molecule has 0 atom stereocenters. The van der Waals surface area contributed by atoms with E-state index in [9.17, 15) is 166 Å². The maximum atomic E-state index is 9.87. The Kier molecular flexibility index (Phi) is 23.3. The third kappa shape index (κ3) is 68.0. The fourth-order valence-corrected chi connectivity index (χ4v) is 6.75. The molecule has 0 bridgehead atoms. The summed E-state index contributed by atoms with van der Waals surface area (Å²) in [6.45, 7) is 4.36. The van der Waals surface area contributed by atoms with E-state index in [1.54, 1.807) is 0 Å². The van der Waals surface area contributed by atoms with Crippen LogP contribution in [0.4, 0.5) is 151 Å². The standard InChI is InChI=1S/C45H48N6O3.6F6P/c52-28-25-46-13-1-40(2-14-46)43-7-19-49(20-8-43)34-37-31-38(35-50-21-9-44(10-22-50)41-3-15-47(16-4-41)26-29-53)33-39(32-37)36-51-23-11-45(12-24-51)42-5-17-48(18-6-42)27-30-54;6*1-7(2,3,4,5)6/h1-24,31-33,52-54H,25-30,34-36H2;;;;;;/q+6;6*-1. The van der Waals surface area contributed by atoms with Gasteiger partial charge in [-0.25, -0.2) is 27.4 Å². The van der Waals surface area contributed by atoms with E-state index in [1.165, 1.54) is 16.7 Å². The average molecular weight is 1590 g/mol. The van der Waals surface area contributed by atoms with Gasteiger partial charge in [-0.2, -0.15) is 0 Å². The summed E-state index contributed by atoms with van der Waals surface area (Å²) in [6, 6.07) is 32.4. The van der Waals surface area contributed by atoms with Gasteiger partial charge in [0.05, 0.1) is 0 Å². The van der Waals surface area contributed by atoms with Gasteiger partial charge in [0, 0.05) is 89.5 Å². The number of nitrogens with zero attached hydrogens (tertiary/aromatic N) is 6. The van der Waals surface area contributed by atoms with Crippen LogP contribution in [0.1, 0.15) is 16.7 Å². The monoisotopic (exact) mass is 1590 g/mol. The van der Waals surface area contributed by atoms with Gasteiger partial charge in [0.1, 0.15) is 19.8 Å². The molecular formula is C45H48F36N6O3P6. The molecular weight excluding hydrogens is 1540 g/mol. The number of aromatic nitrogens is 6. The van der Waals surface area contributed by atoms with Crippen molar-refractivity contribution in [1.82, 2.24) is 0 Å². The Bertz CT molecular complexity index is 3150. The maximum Gasteiger partial charge on any atom is 0.173 e. The van der Waals surface area contributed by atoms with E-state index >= 15 is 0 Å². The molecule has 6 heterocycles. The number of hydrogen-bond donors (Lipinski definition) is 3. The first-order valence-electron chi connectivity index (χ1n) is 24.5. The first-order chi connectivity index (χ1) is 41.2. The zero-order chi connectivity index (χ0) is 75.6.